The normalized spacial score (nSPS) is 14.3. The lowest BCUT2D eigenvalue weighted by Gasteiger charge is -2.23. The molecule has 0 bridgehead atoms. The quantitative estimate of drug-likeness (QED) is 0.462. The number of halogens is 2. The third-order valence-corrected chi connectivity index (χ3v) is 6.49. The third-order valence-electron chi connectivity index (χ3n) is 5.75. The Morgan fingerprint density at radius 3 is 2.09 bits per heavy atom. The first-order chi connectivity index (χ1) is 15.4. The Morgan fingerprint density at radius 2 is 1.53 bits per heavy atom. The number of carboxylic acid groups (broad SMARTS) is 1. The van der Waals surface area contributed by atoms with Crippen LogP contribution in [-0.2, 0) is 14.3 Å². The Labute approximate surface area is 195 Å². The molecule has 0 fully saturated rings. The predicted molar refractivity (Wildman–Crippen MR) is 124 cm³/mol. The summed E-state index contributed by atoms with van der Waals surface area (Å²) in [4.78, 5) is 24.4. The number of carbonyl (C=O) groups is 2. The summed E-state index contributed by atoms with van der Waals surface area (Å²) in [5.74, 6) is -2.81. The second kappa shape index (κ2) is 9.33. The van der Waals surface area contributed by atoms with Crippen LogP contribution in [0.5, 0.6) is 0 Å². The Bertz CT molecular complexity index is 1130. The molecular weight excluding hydrogens is 449 g/mol. The number of benzene rings is 3. The first-order valence-corrected chi connectivity index (χ1v) is 10.9. The van der Waals surface area contributed by atoms with Crippen LogP contribution in [0, 0.1) is 0 Å². The van der Waals surface area contributed by atoms with Crippen LogP contribution in [0.25, 0.3) is 11.1 Å². The second-order valence-electron chi connectivity index (χ2n) is 7.77. The molecule has 1 aliphatic rings. The van der Waals surface area contributed by atoms with Gasteiger partial charge in [-0.3, -0.25) is 9.59 Å². The average molecular weight is 470 g/mol. The molecule has 0 saturated heterocycles. The van der Waals surface area contributed by atoms with Crippen LogP contribution in [0.3, 0.4) is 0 Å². The minimum Gasteiger partial charge on any atom is -0.481 e. The van der Waals surface area contributed by atoms with Crippen molar-refractivity contribution in [2.24, 2.45) is 5.73 Å². The van der Waals surface area contributed by atoms with E-state index >= 15 is 0 Å². The van der Waals surface area contributed by atoms with Gasteiger partial charge in [0.25, 0.3) is 0 Å². The summed E-state index contributed by atoms with van der Waals surface area (Å²) in [6.45, 7) is 0.116. The van der Waals surface area contributed by atoms with Crippen LogP contribution in [0.2, 0.25) is 10.0 Å². The molecule has 0 spiro atoms. The van der Waals surface area contributed by atoms with E-state index in [9.17, 15) is 14.7 Å². The zero-order valence-corrected chi connectivity index (χ0v) is 18.5. The summed E-state index contributed by atoms with van der Waals surface area (Å²) in [6, 6.07) is 19.7. The SMILES string of the molecule is N[C@@H](CC(=O)O)[C@H](C(=O)OCC1c2ccccc2-c2ccccc21)c1ccc(Cl)c(Cl)c1. The average Bonchev–Trinajstić information content (AvgIpc) is 3.08. The lowest BCUT2D eigenvalue weighted by Crippen LogP contribution is -2.37. The van der Waals surface area contributed by atoms with Gasteiger partial charge in [-0.15, -0.1) is 0 Å². The van der Waals surface area contributed by atoms with E-state index in [1.165, 1.54) is 6.07 Å². The zero-order chi connectivity index (χ0) is 22.8. The molecule has 0 saturated carbocycles. The van der Waals surface area contributed by atoms with E-state index < -0.39 is 30.3 Å². The minimum atomic E-state index is -1.10. The van der Waals surface area contributed by atoms with Crippen LogP contribution in [0.15, 0.2) is 66.7 Å². The van der Waals surface area contributed by atoms with E-state index in [0.29, 0.717) is 10.6 Å². The molecule has 0 unspecified atom stereocenters. The molecule has 0 aromatic heterocycles. The van der Waals surface area contributed by atoms with Gasteiger partial charge in [-0.25, -0.2) is 0 Å². The molecule has 0 radical (unpaired) electrons. The number of esters is 1. The highest BCUT2D eigenvalue weighted by molar-refractivity contribution is 6.42. The van der Waals surface area contributed by atoms with Gasteiger partial charge in [0.1, 0.15) is 6.61 Å². The highest BCUT2D eigenvalue weighted by Crippen LogP contribution is 2.44. The fourth-order valence-corrected chi connectivity index (χ4v) is 4.58. The monoisotopic (exact) mass is 469 g/mol. The van der Waals surface area contributed by atoms with Crippen molar-refractivity contribution >= 4 is 35.1 Å². The van der Waals surface area contributed by atoms with Gasteiger partial charge in [0.05, 0.1) is 22.4 Å². The minimum absolute atomic E-state index is 0.114. The first-order valence-electron chi connectivity index (χ1n) is 10.1. The van der Waals surface area contributed by atoms with E-state index in [1.807, 2.05) is 36.4 Å². The molecule has 0 heterocycles. The van der Waals surface area contributed by atoms with Crippen molar-refractivity contribution in [1.82, 2.24) is 0 Å². The van der Waals surface area contributed by atoms with Crippen molar-refractivity contribution in [3.8, 4) is 11.1 Å². The Hall–Kier alpha value is -2.86. The standard InChI is InChI=1S/C25H21Cl2NO4/c26-20-10-9-14(11-21(20)27)24(22(28)12-23(29)30)25(31)32-13-19-17-7-3-1-5-15(17)16-6-2-4-8-18(16)19/h1-11,19,22,24H,12-13,28H2,(H,29,30)/t22-,24+/m0/s1. The van der Waals surface area contributed by atoms with E-state index in [4.69, 9.17) is 33.7 Å². The number of fused-ring (bicyclic) bond motifs is 3. The highest BCUT2D eigenvalue weighted by atomic mass is 35.5. The van der Waals surface area contributed by atoms with E-state index in [1.54, 1.807) is 12.1 Å². The summed E-state index contributed by atoms with van der Waals surface area (Å²) in [6.07, 6.45) is -0.394. The van der Waals surface area contributed by atoms with Crippen LogP contribution in [0.1, 0.15) is 34.9 Å². The largest absolute Gasteiger partial charge is 0.481 e. The topological polar surface area (TPSA) is 89.6 Å². The summed E-state index contributed by atoms with van der Waals surface area (Å²) in [7, 11) is 0. The molecule has 0 amide bonds. The lowest BCUT2D eigenvalue weighted by molar-refractivity contribution is -0.146. The number of hydrogen-bond acceptors (Lipinski definition) is 4. The number of carbonyl (C=O) groups excluding carboxylic acids is 1. The molecule has 3 aromatic carbocycles. The number of nitrogens with two attached hydrogens (primary N) is 1. The van der Waals surface area contributed by atoms with Crippen molar-refractivity contribution in [3.05, 3.63) is 93.5 Å². The van der Waals surface area contributed by atoms with Gasteiger partial charge < -0.3 is 15.6 Å². The van der Waals surface area contributed by atoms with Crippen molar-refractivity contribution in [1.29, 1.82) is 0 Å². The number of aliphatic carboxylic acids is 1. The summed E-state index contributed by atoms with van der Waals surface area (Å²) < 4.78 is 5.74. The number of hydrogen-bond donors (Lipinski definition) is 2. The maximum atomic E-state index is 13.2. The molecule has 5 nitrogen and oxygen atoms in total. The molecule has 2 atom stereocenters. The van der Waals surface area contributed by atoms with Gasteiger partial charge in [-0.05, 0) is 39.9 Å². The maximum absolute atomic E-state index is 13.2. The van der Waals surface area contributed by atoms with E-state index in [-0.39, 0.29) is 17.5 Å². The Balaban J connectivity index is 1.60. The van der Waals surface area contributed by atoms with Crippen LogP contribution in [-0.4, -0.2) is 29.7 Å². The van der Waals surface area contributed by atoms with Crippen LogP contribution >= 0.6 is 23.2 Å². The van der Waals surface area contributed by atoms with Gasteiger partial charge in [0.15, 0.2) is 0 Å². The molecule has 4 rings (SSSR count). The molecule has 3 aromatic rings. The molecule has 0 aliphatic heterocycles. The van der Waals surface area contributed by atoms with E-state index in [0.717, 1.165) is 22.3 Å². The molecular formula is C25H21Cl2NO4. The fourth-order valence-electron chi connectivity index (χ4n) is 4.28. The summed E-state index contributed by atoms with van der Waals surface area (Å²) in [5.41, 5.74) is 11.0. The van der Waals surface area contributed by atoms with Crippen molar-refractivity contribution in [2.75, 3.05) is 6.61 Å². The van der Waals surface area contributed by atoms with Crippen LogP contribution < -0.4 is 5.73 Å². The van der Waals surface area contributed by atoms with Crippen molar-refractivity contribution in [2.45, 2.75) is 24.3 Å². The Morgan fingerprint density at radius 1 is 0.938 bits per heavy atom. The Kier molecular flexibility index (Phi) is 6.51. The molecule has 3 N–H and O–H groups in total. The predicted octanol–water partition coefficient (Wildman–Crippen LogP) is 5.23. The number of carboxylic acids is 1. The van der Waals surface area contributed by atoms with Gasteiger partial charge in [-0.2, -0.15) is 0 Å². The third kappa shape index (κ3) is 4.37. The van der Waals surface area contributed by atoms with Gasteiger partial charge in [0, 0.05) is 12.0 Å². The smallest absolute Gasteiger partial charge is 0.315 e. The number of rotatable bonds is 7. The molecule has 32 heavy (non-hydrogen) atoms. The molecule has 7 heteroatoms. The van der Waals surface area contributed by atoms with Crippen molar-refractivity contribution in [3.63, 3.8) is 0 Å². The lowest BCUT2D eigenvalue weighted by atomic mass is 9.90. The maximum Gasteiger partial charge on any atom is 0.315 e. The molecule has 1 aliphatic carbocycles. The fraction of sp³-hybridized carbons (Fsp3) is 0.200. The van der Waals surface area contributed by atoms with Crippen LogP contribution in [0.4, 0.5) is 0 Å². The summed E-state index contributed by atoms with van der Waals surface area (Å²) in [5, 5.41) is 9.78. The summed E-state index contributed by atoms with van der Waals surface area (Å²) >= 11 is 12.1. The van der Waals surface area contributed by atoms with Gasteiger partial charge >= 0.3 is 11.9 Å². The highest BCUT2D eigenvalue weighted by Gasteiger charge is 2.34. The zero-order valence-electron chi connectivity index (χ0n) is 17.0. The molecule has 164 valence electrons. The van der Waals surface area contributed by atoms with Gasteiger partial charge in [-0.1, -0.05) is 77.8 Å². The number of ether oxygens (including phenoxy) is 1. The van der Waals surface area contributed by atoms with E-state index in [2.05, 4.69) is 12.1 Å². The van der Waals surface area contributed by atoms with Crippen molar-refractivity contribution < 1.29 is 19.4 Å². The van der Waals surface area contributed by atoms with Gasteiger partial charge in [0.2, 0.25) is 0 Å². The second-order valence-corrected chi connectivity index (χ2v) is 8.58. The first kappa shape index (κ1) is 22.3.